The van der Waals surface area contributed by atoms with Crippen LogP contribution in [0.5, 0.6) is 5.75 Å². The molecule has 1 aliphatic rings. The summed E-state index contributed by atoms with van der Waals surface area (Å²) in [6.07, 6.45) is 3.75. The Hall–Kier alpha value is -3.05. The van der Waals surface area contributed by atoms with Crippen LogP contribution in [0.2, 0.25) is 0 Å². The lowest BCUT2D eigenvalue weighted by molar-refractivity contribution is 0.0625. The van der Waals surface area contributed by atoms with E-state index in [1.807, 2.05) is 66.8 Å². The lowest BCUT2D eigenvalue weighted by Gasteiger charge is -2.34. The van der Waals surface area contributed by atoms with Crippen LogP contribution >= 0.6 is 24.8 Å². The molecule has 2 aromatic carbocycles. The number of piperazine rings is 1. The second kappa shape index (κ2) is 12.4. The van der Waals surface area contributed by atoms with Crippen molar-refractivity contribution in [2.24, 2.45) is 0 Å². The molecule has 0 atom stereocenters. The van der Waals surface area contributed by atoms with Gasteiger partial charge in [0.15, 0.2) is 0 Å². The Morgan fingerprint density at radius 1 is 1.06 bits per heavy atom. The number of methoxy groups -OCH3 is 1. The van der Waals surface area contributed by atoms with Crippen LogP contribution in [0.3, 0.4) is 0 Å². The van der Waals surface area contributed by atoms with E-state index >= 15 is 0 Å². The predicted molar refractivity (Wildman–Crippen MR) is 136 cm³/mol. The van der Waals surface area contributed by atoms with Crippen LogP contribution in [0.1, 0.15) is 32.7 Å². The first-order chi connectivity index (χ1) is 15.6. The molecular weight excluding hydrogens is 473 g/mol. The predicted octanol–water partition coefficient (Wildman–Crippen LogP) is 3.92. The maximum Gasteiger partial charge on any atom is 0.254 e. The molecule has 0 radical (unpaired) electrons. The SMILES string of the molecule is COc1cc(C(=O)N2CCN(Cc3cncn3Cc3ccc(C#N)cc3)CC2)ccc1C.Cl.Cl. The van der Waals surface area contributed by atoms with Crippen LogP contribution in [-0.2, 0) is 13.1 Å². The second-order valence-electron chi connectivity index (χ2n) is 8.07. The van der Waals surface area contributed by atoms with E-state index in [0.29, 0.717) is 24.2 Å². The van der Waals surface area contributed by atoms with Crippen LogP contribution < -0.4 is 4.74 Å². The van der Waals surface area contributed by atoms with Crippen LogP contribution in [0, 0.1) is 18.3 Å². The van der Waals surface area contributed by atoms with E-state index in [-0.39, 0.29) is 30.7 Å². The molecule has 1 saturated heterocycles. The van der Waals surface area contributed by atoms with Gasteiger partial charge in [0.25, 0.3) is 5.91 Å². The van der Waals surface area contributed by atoms with Gasteiger partial charge in [0.1, 0.15) is 5.75 Å². The molecule has 1 amide bonds. The van der Waals surface area contributed by atoms with Crippen LogP contribution in [0.15, 0.2) is 55.0 Å². The minimum absolute atomic E-state index is 0. The van der Waals surface area contributed by atoms with Crippen molar-refractivity contribution in [3.05, 3.63) is 82.9 Å². The number of hydrogen-bond acceptors (Lipinski definition) is 5. The Labute approximate surface area is 212 Å². The zero-order valence-electron chi connectivity index (χ0n) is 19.3. The van der Waals surface area contributed by atoms with Gasteiger partial charge in [0, 0.05) is 51.0 Å². The van der Waals surface area contributed by atoms with Crippen LogP contribution in [0.4, 0.5) is 0 Å². The molecule has 2 heterocycles. The lowest BCUT2D eigenvalue weighted by atomic mass is 10.1. The molecule has 1 aliphatic heterocycles. The first-order valence-corrected chi connectivity index (χ1v) is 10.7. The lowest BCUT2D eigenvalue weighted by Crippen LogP contribution is -2.48. The van der Waals surface area contributed by atoms with Gasteiger partial charge in [-0.2, -0.15) is 5.26 Å². The summed E-state index contributed by atoms with van der Waals surface area (Å²) in [5.41, 5.74) is 4.62. The largest absolute Gasteiger partial charge is 0.496 e. The molecule has 0 N–H and O–H groups in total. The highest BCUT2D eigenvalue weighted by atomic mass is 35.5. The normalized spacial score (nSPS) is 13.4. The van der Waals surface area contributed by atoms with Crippen LogP contribution in [0.25, 0.3) is 0 Å². The van der Waals surface area contributed by atoms with Crippen molar-refractivity contribution in [2.45, 2.75) is 20.0 Å². The van der Waals surface area contributed by atoms with Gasteiger partial charge in [-0.15, -0.1) is 24.8 Å². The van der Waals surface area contributed by atoms with Gasteiger partial charge in [0.2, 0.25) is 0 Å². The molecule has 180 valence electrons. The first kappa shape index (κ1) is 27.2. The summed E-state index contributed by atoms with van der Waals surface area (Å²) in [5, 5.41) is 8.96. The molecule has 0 spiro atoms. The number of nitriles is 1. The summed E-state index contributed by atoms with van der Waals surface area (Å²) < 4.78 is 7.50. The molecule has 34 heavy (non-hydrogen) atoms. The Bertz CT molecular complexity index is 1130. The van der Waals surface area contributed by atoms with Gasteiger partial charge >= 0.3 is 0 Å². The number of carbonyl (C=O) groups is 1. The third-order valence-electron chi connectivity index (χ3n) is 5.93. The van der Waals surface area contributed by atoms with Crippen molar-refractivity contribution >= 4 is 30.7 Å². The molecule has 7 nitrogen and oxygen atoms in total. The number of amides is 1. The molecule has 4 rings (SSSR count). The summed E-state index contributed by atoms with van der Waals surface area (Å²) in [6.45, 7) is 6.49. The topological polar surface area (TPSA) is 74.4 Å². The van der Waals surface area contributed by atoms with E-state index in [2.05, 4.69) is 20.5 Å². The van der Waals surface area contributed by atoms with Crippen molar-refractivity contribution in [3.63, 3.8) is 0 Å². The van der Waals surface area contributed by atoms with E-state index in [0.717, 1.165) is 48.7 Å². The van der Waals surface area contributed by atoms with E-state index in [1.165, 1.54) is 0 Å². The monoisotopic (exact) mass is 501 g/mol. The minimum Gasteiger partial charge on any atom is -0.496 e. The molecule has 9 heteroatoms. The van der Waals surface area contributed by atoms with E-state index < -0.39 is 0 Å². The van der Waals surface area contributed by atoms with E-state index in [1.54, 1.807) is 7.11 Å². The summed E-state index contributed by atoms with van der Waals surface area (Å²) in [6, 6.07) is 15.4. The first-order valence-electron chi connectivity index (χ1n) is 10.7. The number of hydrogen-bond donors (Lipinski definition) is 0. The number of benzene rings is 2. The summed E-state index contributed by atoms with van der Waals surface area (Å²) in [7, 11) is 1.63. The van der Waals surface area contributed by atoms with Crippen molar-refractivity contribution in [3.8, 4) is 11.8 Å². The average Bonchev–Trinajstić information content (AvgIpc) is 3.26. The number of aryl methyl sites for hydroxylation is 1. The fourth-order valence-corrected chi connectivity index (χ4v) is 3.98. The van der Waals surface area contributed by atoms with Gasteiger partial charge in [-0.3, -0.25) is 9.69 Å². The van der Waals surface area contributed by atoms with Crippen molar-refractivity contribution in [1.82, 2.24) is 19.4 Å². The van der Waals surface area contributed by atoms with Gasteiger partial charge < -0.3 is 14.2 Å². The third-order valence-corrected chi connectivity index (χ3v) is 5.93. The zero-order valence-corrected chi connectivity index (χ0v) is 20.9. The van der Waals surface area contributed by atoms with Gasteiger partial charge in [-0.1, -0.05) is 18.2 Å². The summed E-state index contributed by atoms with van der Waals surface area (Å²) in [4.78, 5) is 21.5. The Morgan fingerprint density at radius 3 is 2.41 bits per heavy atom. The molecule has 3 aromatic rings. The Balaban J connectivity index is 0.00000204. The number of ether oxygens (including phenoxy) is 1. The zero-order chi connectivity index (χ0) is 22.5. The highest BCUT2D eigenvalue weighted by Gasteiger charge is 2.23. The Morgan fingerprint density at radius 2 is 1.76 bits per heavy atom. The molecule has 0 unspecified atom stereocenters. The second-order valence-corrected chi connectivity index (χ2v) is 8.07. The van der Waals surface area contributed by atoms with Crippen LogP contribution in [-0.4, -0.2) is 58.5 Å². The van der Waals surface area contributed by atoms with Gasteiger partial charge in [-0.05, 0) is 42.3 Å². The average molecular weight is 502 g/mol. The number of halogens is 2. The van der Waals surface area contributed by atoms with Gasteiger partial charge in [-0.25, -0.2) is 4.98 Å². The molecule has 0 aliphatic carbocycles. The fraction of sp³-hybridized carbons (Fsp3) is 0.320. The molecule has 1 aromatic heterocycles. The number of nitrogens with zero attached hydrogens (tertiary/aromatic N) is 5. The highest BCUT2D eigenvalue weighted by molar-refractivity contribution is 5.94. The molecular formula is C25H29Cl2N5O2. The quantitative estimate of drug-likeness (QED) is 0.511. The number of carbonyl (C=O) groups excluding carboxylic acids is 1. The summed E-state index contributed by atoms with van der Waals surface area (Å²) in [5.74, 6) is 0.791. The highest BCUT2D eigenvalue weighted by Crippen LogP contribution is 2.21. The van der Waals surface area contributed by atoms with Gasteiger partial charge in [0.05, 0.1) is 30.8 Å². The maximum absolute atomic E-state index is 12.9. The number of imidazole rings is 1. The smallest absolute Gasteiger partial charge is 0.254 e. The van der Waals surface area contributed by atoms with Crippen molar-refractivity contribution in [1.29, 1.82) is 5.26 Å². The van der Waals surface area contributed by atoms with E-state index in [9.17, 15) is 4.79 Å². The van der Waals surface area contributed by atoms with E-state index in [4.69, 9.17) is 10.00 Å². The molecule has 1 fully saturated rings. The maximum atomic E-state index is 12.9. The molecule has 0 bridgehead atoms. The minimum atomic E-state index is 0. The number of rotatable bonds is 6. The summed E-state index contributed by atoms with van der Waals surface area (Å²) >= 11 is 0. The van der Waals surface area contributed by atoms with Crippen molar-refractivity contribution < 1.29 is 9.53 Å². The number of aromatic nitrogens is 2. The fourth-order valence-electron chi connectivity index (χ4n) is 3.98. The standard InChI is InChI=1S/C25H27N5O2.2ClH/c1-19-3-8-22(13-24(19)32-2)25(31)29-11-9-28(10-12-29)17-23-15-27-18-30(23)16-21-6-4-20(14-26)5-7-21;;/h3-8,13,15,18H,9-12,16-17H2,1-2H3;2*1H. The van der Waals surface area contributed by atoms with Crippen molar-refractivity contribution in [2.75, 3.05) is 33.3 Å². The molecule has 0 saturated carbocycles. The Kier molecular flexibility index (Phi) is 9.94. The third kappa shape index (κ3) is 6.29.